The summed E-state index contributed by atoms with van der Waals surface area (Å²) in [6.45, 7) is 1.70. The average Bonchev–Trinajstić information content (AvgIpc) is 3.35. The van der Waals surface area contributed by atoms with Gasteiger partial charge >= 0.3 is 0 Å². The quantitative estimate of drug-likeness (QED) is 0.415. The van der Waals surface area contributed by atoms with Gasteiger partial charge in [0.25, 0.3) is 10.1 Å². The first kappa shape index (κ1) is 19.6. The number of nitrogens with zero attached hydrogens (tertiary/aromatic N) is 3. The van der Waals surface area contributed by atoms with E-state index in [1.807, 2.05) is 60.2 Å². The van der Waals surface area contributed by atoms with Crippen LogP contribution in [0.1, 0.15) is 6.92 Å². The van der Waals surface area contributed by atoms with Gasteiger partial charge < -0.3 is 4.74 Å². The molecule has 4 aromatic rings. The van der Waals surface area contributed by atoms with Gasteiger partial charge in [-0.05, 0) is 36.6 Å². The highest BCUT2D eigenvalue weighted by Gasteiger charge is 2.12. The number of thiophene rings is 1. The maximum Gasteiger partial charge on any atom is 0.264 e. The van der Waals surface area contributed by atoms with Gasteiger partial charge in [0.15, 0.2) is 5.65 Å². The minimum atomic E-state index is -3.50. The van der Waals surface area contributed by atoms with Crippen molar-refractivity contribution in [3.05, 3.63) is 60.2 Å². The van der Waals surface area contributed by atoms with E-state index in [4.69, 9.17) is 13.9 Å². The lowest BCUT2D eigenvalue weighted by atomic mass is 10.1. The lowest BCUT2D eigenvalue weighted by molar-refractivity contribution is 0.147. The molecule has 0 spiro atoms. The second-order valence-electron chi connectivity index (χ2n) is 6.56. The minimum absolute atomic E-state index is 0.0483. The molecule has 0 aliphatic rings. The van der Waals surface area contributed by atoms with Crippen molar-refractivity contribution in [3.8, 4) is 27.4 Å². The number of benzene rings is 1. The lowest BCUT2D eigenvalue weighted by Gasteiger charge is -2.15. The first-order valence-corrected chi connectivity index (χ1v) is 11.6. The van der Waals surface area contributed by atoms with Gasteiger partial charge in [0.05, 0.1) is 23.7 Å². The molecule has 3 heterocycles. The molecule has 0 bridgehead atoms. The smallest absolute Gasteiger partial charge is 0.264 e. The van der Waals surface area contributed by atoms with Crippen molar-refractivity contribution < 1.29 is 17.3 Å². The monoisotopic (exact) mass is 429 g/mol. The Morgan fingerprint density at radius 3 is 2.83 bits per heavy atom. The van der Waals surface area contributed by atoms with Crippen LogP contribution in [0.15, 0.2) is 60.2 Å². The highest BCUT2D eigenvalue weighted by molar-refractivity contribution is 7.85. The molecular formula is C20H19N3O4S2. The molecule has 0 unspecified atom stereocenters. The summed E-state index contributed by atoms with van der Waals surface area (Å²) < 4.78 is 34.6. The van der Waals surface area contributed by atoms with Crippen LogP contribution in [0.2, 0.25) is 0 Å². The molecule has 0 saturated heterocycles. The van der Waals surface area contributed by atoms with Crippen molar-refractivity contribution in [3.63, 3.8) is 0 Å². The van der Waals surface area contributed by atoms with E-state index in [0.717, 1.165) is 33.6 Å². The zero-order valence-electron chi connectivity index (χ0n) is 15.8. The summed E-state index contributed by atoms with van der Waals surface area (Å²) >= 11 is 1.64. The zero-order valence-corrected chi connectivity index (χ0v) is 17.5. The van der Waals surface area contributed by atoms with Gasteiger partial charge in [-0.1, -0.05) is 18.2 Å². The Morgan fingerprint density at radius 1 is 1.21 bits per heavy atom. The van der Waals surface area contributed by atoms with Gasteiger partial charge in [-0.25, -0.2) is 9.50 Å². The van der Waals surface area contributed by atoms with E-state index in [-0.39, 0.29) is 6.61 Å². The summed E-state index contributed by atoms with van der Waals surface area (Å²) in [4.78, 5) is 5.91. The van der Waals surface area contributed by atoms with E-state index >= 15 is 0 Å². The molecule has 3 aromatic heterocycles. The van der Waals surface area contributed by atoms with Crippen molar-refractivity contribution in [1.82, 2.24) is 14.6 Å². The maximum atomic E-state index is 11.1. The predicted molar refractivity (Wildman–Crippen MR) is 113 cm³/mol. The molecule has 0 aliphatic heterocycles. The van der Waals surface area contributed by atoms with Crippen LogP contribution in [0, 0.1) is 0 Å². The summed E-state index contributed by atoms with van der Waals surface area (Å²) in [5.41, 5.74) is 3.45. The van der Waals surface area contributed by atoms with Crippen molar-refractivity contribution in [2.75, 3.05) is 12.9 Å². The van der Waals surface area contributed by atoms with Crippen LogP contribution in [0.25, 0.3) is 27.3 Å². The molecule has 9 heteroatoms. The molecule has 0 N–H and O–H groups in total. The summed E-state index contributed by atoms with van der Waals surface area (Å²) in [6.07, 6.45) is 4.30. The average molecular weight is 430 g/mol. The van der Waals surface area contributed by atoms with Crippen molar-refractivity contribution in [1.29, 1.82) is 0 Å². The van der Waals surface area contributed by atoms with Gasteiger partial charge in [-0.2, -0.15) is 13.5 Å². The van der Waals surface area contributed by atoms with E-state index in [0.29, 0.717) is 5.75 Å². The second kappa shape index (κ2) is 7.94. The number of hydrogen-bond donors (Lipinski definition) is 0. The SMILES string of the molecule is C[C@@H](COS(C)(=O)=O)Oc1cccc(-c2ccn3ncc(-c4cccs4)c3n2)c1. The van der Waals surface area contributed by atoms with E-state index in [1.165, 1.54) is 0 Å². The normalized spacial score (nSPS) is 12.9. The van der Waals surface area contributed by atoms with E-state index < -0.39 is 16.2 Å². The Morgan fingerprint density at radius 2 is 2.07 bits per heavy atom. The van der Waals surface area contributed by atoms with Crippen LogP contribution in [-0.2, 0) is 14.3 Å². The molecule has 1 atom stereocenters. The number of fused-ring (bicyclic) bond motifs is 1. The summed E-state index contributed by atoms with van der Waals surface area (Å²) in [6, 6.07) is 13.5. The van der Waals surface area contributed by atoms with Crippen LogP contribution < -0.4 is 4.74 Å². The predicted octanol–water partition coefficient (Wildman–Crippen LogP) is 3.87. The zero-order chi connectivity index (χ0) is 20.4. The molecule has 4 rings (SSSR count). The fourth-order valence-electron chi connectivity index (χ4n) is 2.85. The van der Waals surface area contributed by atoms with E-state index in [2.05, 4.69) is 5.10 Å². The molecule has 1 aromatic carbocycles. The Bertz CT molecular complexity index is 1230. The first-order chi connectivity index (χ1) is 13.9. The molecule has 0 saturated carbocycles. The van der Waals surface area contributed by atoms with E-state index in [1.54, 1.807) is 22.8 Å². The third-order valence-electron chi connectivity index (χ3n) is 4.14. The standard InChI is InChI=1S/C20H19N3O4S2/c1-14(13-26-29(2,24)25)27-16-6-3-5-15(11-16)18-8-9-23-20(22-18)17(12-21-23)19-7-4-10-28-19/h3-12,14H,13H2,1-2H3/t14-/m0/s1. The maximum absolute atomic E-state index is 11.1. The van der Waals surface area contributed by atoms with E-state index in [9.17, 15) is 8.42 Å². The summed E-state index contributed by atoms with van der Waals surface area (Å²) in [5.74, 6) is 0.612. The molecule has 29 heavy (non-hydrogen) atoms. The molecule has 150 valence electrons. The fraction of sp³-hybridized carbons (Fsp3) is 0.200. The van der Waals surface area contributed by atoms with Gasteiger partial charge in [0.1, 0.15) is 18.5 Å². The number of aromatic nitrogens is 3. The van der Waals surface area contributed by atoms with Crippen LogP contribution in [0.3, 0.4) is 0 Å². The summed E-state index contributed by atoms with van der Waals surface area (Å²) in [5, 5.41) is 6.41. The molecule has 0 radical (unpaired) electrons. The lowest BCUT2D eigenvalue weighted by Crippen LogP contribution is -2.21. The van der Waals surface area contributed by atoms with Crippen molar-refractivity contribution in [2.24, 2.45) is 0 Å². The minimum Gasteiger partial charge on any atom is -0.488 e. The van der Waals surface area contributed by atoms with Crippen molar-refractivity contribution in [2.45, 2.75) is 13.0 Å². The van der Waals surface area contributed by atoms with Gasteiger partial charge in [-0.3, -0.25) is 4.18 Å². The third kappa shape index (κ3) is 4.64. The largest absolute Gasteiger partial charge is 0.488 e. The van der Waals surface area contributed by atoms with Crippen LogP contribution in [-0.4, -0.2) is 42.0 Å². The fourth-order valence-corrected chi connectivity index (χ4v) is 4.02. The third-order valence-corrected chi connectivity index (χ3v) is 5.61. The number of rotatable bonds is 7. The molecular weight excluding hydrogens is 410 g/mol. The Hall–Kier alpha value is -2.75. The second-order valence-corrected chi connectivity index (χ2v) is 9.15. The van der Waals surface area contributed by atoms with Gasteiger partial charge in [0.2, 0.25) is 0 Å². The van der Waals surface area contributed by atoms with Crippen LogP contribution in [0.5, 0.6) is 5.75 Å². The van der Waals surface area contributed by atoms with Crippen molar-refractivity contribution >= 4 is 27.1 Å². The molecule has 0 amide bonds. The van der Waals surface area contributed by atoms with Crippen LogP contribution >= 0.6 is 11.3 Å². The van der Waals surface area contributed by atoms with Gasteiger partial charge in [0, 0.05) is 16.6 Å². The first-order valence-electron chi connectivity index (χ1n) is 8.89. The highest BCUT2D eigenvalue weighted by Crippen LogP contribution is 2.29. The topological polar surface area (TPSA) is 82.8 Å². The number of hydrogen-bond acceptors (Lipinski definition) is 7. The highest BCUT2D eigenvalue weighted by atomic mass is 32.2. The molecule has 7 nitrogen and oxygen atoms in total. The summed E-state index contributed by atoms with van der Waals surface area (Å²) in [7, 11) is -3.50. The Labute approximate surface area is 172 Å². The molecule has 0 aliphatic carbocycles. The Balaban J connectivity index is 1.59. The van der Waals surface area contributed by atoms with Crippen LogP contribution in [0.4, 0.5) is 0 Å². The molecule has 0 fully saturated rings. The Kier molecular flexibility index (Phi) is 5.35. The van der Waals surface area contributed by atoms with Gasteiger partial charge in [-0.15, -0.1) is 11.3 Å². The number of ether oxygens (including phenoxy) is 1.